The SMILES string of the molecule is NC(Cc1nc(-c2ccc(Cl)c(Br)c2)no1)C1CC1. The first kappa shape index (κ1) is 13.1. The van der Waals surface area contributed by atoms with Crippen molar-refractivity contribution in [2.24, 2.45) is 11.7 Å². The summed E-state index contributed by atoms with van der Waals surface area (Å²) >= 11 is 9.34. The highest BCUT2D eigenvalue weighted by Gasteiger charge is 2.29. The Morgan fingerprint density at radius 1 is 1.47 bits per heavy atom. The molecule has 4 nitrogen and oxygen atoms in total. The van der Waals surface area contributed by atoms with E-state index in [0.717, 1.165) is 10.0 Å². The van der Waals surface area contributed by atoms with Crippen molar-refractivity contribution in [3.8, 4) is 11.4 Å². The molecule has 19 heavy (non-hydrogen) atoms. The maximum atomic E-state index is 6.05. The second-order valence-electron chi connectivity index (χ2n) is 4.85. The van der Waals surface area contributed by atoms with Crippen LogP contribution in [-0.2, 0) is 6.42 Å². The molecule has 1 atom stereocenters. The van der Waals surface area contributed by atoms with Crippen LogP contribution in [0.15, 0.2) is 27.2 Å². The van der Waals surface area contributed by atoms with Crippen LogP contribution in [0.25, 0.3) is 11.4 Å². The van der Waals surface area contributed by atoms with Crippen molar-refractivity contribution in [1.29, 1.82) is 0 Å². The lowest BCUT2D eigenvalue weighted by molar-refractivity contribution is 0.364. The quantitative estimate of drug-likeness (QED) is 0.924. The van der Waals surface area contributed by atoms with Gasteiger partial charge in [-0.05, 0) is 52.9 Å². The summed E-state index contributed by atoms with van der Waals surface area (Å²) in [6.45, 7) is 0. The number of benzene rings is 1. The highest BCUT2D eigenvalue weighted by Crippen LogP contribution is 2.33. The van der Waals surface area contributed by atoms with E-state index < -0.39 is 0 Å². The summed E-state index contributed by atoms with van der Waals surface area (Å²) in [5, 5.41) is 4.64. The Bertz CT molecular complexity index is 597. The smallest absolute Gasteiger partial charge is 0.228 e. The maximum absolute atomic E-state index is 6.05. The van der Waals surface area contributed by atoms with E-state index >= 15 is 0 Å². The molecule has 0 amide bonds. The fourth-order valence-electron chi connectivity index (χ4n) is 1.98. The van der Waals surface area contributed by atoms with E-state index in [1.807, 2.05) is 12.1 Å². The zero-order valence-corrected chi connectivity index (χ0v) is 12.5. The van der Waals surface area contributed by atoms with E-state index in [4.69, 9.17) is 21.9 Å². The molecule has 1 unspecified atom stereocenters. The highest BCUT2D eigenvalue weighted by molar-refractivity contribution is 9.10. The molecule has 0 radical (unpaired) electrons. The number of rotatable bonds is 4. The van der Waals surface area contributed by atoms with Gasteiger partial charge in [-0.15, -0.1) is 0 Å². The Balaban J connectivity index is 1.77. The first-order valence-electron chi connectivity index (χ1n) is 6.17. The van der Waals surface area contributed by atoms with Gasteiger partial charge in [0.2, 0.25) is 11.7 Å². The molecule has 1 fully saturated rings. The fraction of sp³-hybridized carbons (Fsp3) is 0.385. The van der Waals surface area contributed by atoms with Crippen LogP contribution in [0, 0.1) is 5.92 Å². The molecule has 0 bridgehead atoms. The Morgan fingerprint density at radius 2 is 2.26 bits per heavy atom. The van der Waals surface area contributed by atoms with E-state index in [1.165, 1.54) is 12.8 Å². The first-order chi connectivity index (χ1) is 9.13. The predicted octanol–water partition coefficient (Wildman–Crippen LogP) is 3.43. The average Bonchev–Trinajstić information content (AvgIpc) is 3.14. The van der Waals surface area contributed by atoms with Gasteiger partial charge in [0.05, 0.1) is 5.02 Å². The monoisotopic (exact) mass is 341 g/mol. The molecule has 1 aromatic heterocycles. The van der Waals surface area contributed by atoms with Gasteiger partial charge in [-0.25, -0.2) is 0 Å². The van der Waals surface area contributed by atoms with Gasteiger partial charge in [-0.2, -0.15) is 4.98 Å². The third-order valence-electron chi connectivity index (χ3n) is 3.28. The lowest BCUT2D eigenvalue weighted by Gasteiger charge is -2.04. The van der Waals surface area contributed by atoms with Gasteiger partial charge in [-0.1, -0.05) is 16.8 Å². The molecule has 1 aliphatic carbocycles. The zero-order valence-electron chi connectivity index (χ0n) is 10.1. The summed E-state index contributed by atoms with van der Waals surface area (Å²) in [5.74, 6) is 1.79. The molecule has 0 spiro atoms. The van der Waals surface area contributed by atoms with Crippen LogP contribution < -0.4 is 5.73 Å². The second kappa shape index (κ2) is 5.23. The number of hydrogen-bond donors (Lipinski definition) is 1. The van der Waals surface area contributed by atoms with Crippen molar-refractivity contribution in [2.45, 2.75) is 25.3 Å². The zero-order chi connectivity index (χ0) is 13.4. The Hall–Kier alpha value is -0.910. The molecule has 0 aliphatic heterocycles. The summed E-state index contributed by atoms with van der Waals surface area (Å²) in [6.07, 6.45) is 3.07. The van der Waals surface area contributed by atoms with Crippen molar-refractivity contribution in [2.75, 3.05) is 0 Å². The van der Waals surface area contributed by atoms with Crippen molar-refractivity contribution in [1.82, 2.24) is 10.1 Å². The van der Waals surface area contributed by atoms with Crippen LogP contribution in [0.5, 0.6) is 0 Å². The molecule has 2 N–H and O–H groups in total. The molecule has 3 rings (SSSR count). The Kier molecular flexibility index (Phi) is 3.60. The molecule has 100 valence electrons. The number of halogens is 2. The van der Waals surface area contributed by atoms with E-state index in [-0.39, 0.29) is 6.04 Å². The second-order valence-corrected chi connectivity index (χ2v) is 6.11. The van der Waals surface area contributed by atoms with Crippen LogP contribution >= 0.6 is 27.5 Å². The summed E-state index contributed by atoms with van der Waals surface area (Å²) in [4.78, 5) is 4.38. The molecule has 1 heterocycles. The summed E-state index contributed by atoms with van der Waals surface area (Å²) in [7, 11) is 0. The van der Waals surface area contributed by atoms with Crippen molar-refractivity contribution in [3.05, 3.63) is 33.6 Å². The summed E-state index contributed by atoms with van der Waals surface area (Å²) in [5.41, 5.74) is 6.92. The van der Waals surface area contributed by atoms with Crippen LogP contribution in [0.1, 0.15) is 18.7 Å². The topological polar surface area (TPSA) is 64.9 Å². The minimum Gasteiger partial charge on any atom is -0.339 e. The predicted molar refractivity (Wildman–Crippen MR) is 76.8 cm³/mol. The van der Waals surface area contributed by atoms with E-state index in [1.54, 1.807) is 6.07 Å². The van der Waals surface area contributed by atoms with E-state index in [2.05, 4.69) is 26.1 Å². The summed E-state index contributed by atoms with van der Waals surface area (Å²) < 4.78 is 6.06. The molecule has 1 saturated carbocycles. The standard InChI is InChI=1S/C13H13BrClN3O/c14-9-5-8(3-4-10(9)15)13-17-12(19-18-13)6-11(16)7-1-2-7/h3-5,7,11H,1-2,6,16H2. The third-order valence-corrected chi connectivity index (χ3v) is 4.50. The maximum Gasteiger partial charge on any atom is 0.228 e. The van der Waals surface area contributed by atoms with Crippen molar-refractivity contribution >= 4 is 27.5 Å². The average molecular weight is 343 g/mol. The summed E-state index contributed by atoms with van der Waals surface area (Å²) in [6, 6.07) is 5.66. The van der Waals surface area contributed by atoms with Crippen molar-refractivity contribution < 1.29 is 4.52 Å². The first-order valence-corrected chi connectivity index (χ1v) is 7.34. The van der Waals surface area contributed by atoms with Crippen LogP contribution in [-0.4, -0.2) is 16.2 Å². The van der Waals surface area contributed by atoms with Crippen LogP contribution in [0.2, 0.25) is 5.02 Å². The minimum absolute atomic E-state index is 0.130. The molecular formula is C13H13BrClN3O. The van der Waals surface area contributed by atoms with Crippen LogP contribution in [0.4, 0.5) is 0 Å². The van der Waals surface area contributed by atoms with Crippen molar-refractivity contribution in [3.63, 3.8) is 0 Å². The Labute approximate surface area is 124 Å². The lowest BCUT2D eigenvalue weighted by atomic mass is 10.1. The molecular weight excluding hydrogens is 330 g/mol. The molecule has 1 aliphatic rings. The fourth-order valence-corrected chi connectivity index (χ4v) is 2.48. The van der Waals surface area contributed by atoms with E-state index in [0.29, 0.717) is 29.1 Å². The normalized spacial score (nSPS) is 16.6. The minimum atomic E-state index is 0.130. The number of hydrogen-bond acceptors (Lipinski definition) is 4. The van der Waals surface area contributed by atoms with Gasteiger partial charge < -0.3 is 10.3 Å². The molecule has 0 saturated heterocycles. The lowest BCUT2D eigenvalue weighted by Crippen LogP contribution is -2.25. The highest BCUT2D eigenvalue weighted by atomic mass is 79.9. The van der Waals surface area contributed by atoms with Gasteiger partial charge in [0.1, 0.15) is 0 Å². The van der Waals surface area contributed by atoms with Gasteiger partial charge in [0.25, 0.3) is 0 Å². The third kappa shape index (κ3) is 2.99. The van der Waals surface area contributed by atoms with Gasteiger partial charge >= 0.3 is 0 Å². The van der Waals surface area contributed by atoms with Gasteiger partial charge in [0, 0.05) is 22.5 Å². The molecule has 1 aromatic carbocycles. The van der Waals surface area contributed by atoms with Gasteiger partial charge in [0.15, 0.2) is 0 Å². The van der Waals surface area contributed by atoms with Crippen LogP contribution in [0.3, 0.4) is 0 Å². The van der Waals surface area contributed by atoms with E-state index in [9.17, 15) is 0 Å². The number of nitrogens with zero attached hydrogens (tertiary/aromatic N) is 2. The molecule has 2 aromatic rings. The Morgan fingerprint density at radius 3 is 2.95 bits per heavy atom. The largest absolute Gasteiger partial charge is 0.339 e. The molecule has 6 heteroatoms. The number of aromatic nitrogens is 2. The van der Waals surface area contributed by atoms with Gasteiger partial charge in [-0.3, -0.25) is 0 Å². The number of nitrogens with two attached hydrogens (primary N) is 1.